The fraction of sp³-hybridized carbons (Fsp3) is 0.200. The lowest BCUT2D eigenvalue weighted by atomic mass is 9.86. The molecule has 4 aromatic rings. The molecule has 0 aliphatic rings. The molecule has 0 saturated carbocycles. The first-order valence-corrected chi connectivity index (χ1v) is 12.5. The van der Waals surface area contributed by atoms with Gasteiger partial charge in [0.05, 0.1) is 12.2 Å². The third-order valence-electron chi connectivity index (χ3n) is 5.89. The van der Waals surface area contributed by atoms with Gasteiger partial charge in [-0.1, -0.05) is 104 Å². The number of thiophene rings is 1. The highest BCUT2D eigenvalue weighted by Gasteiger charge is 2.26. The number of hydrogen-bond donors (Lipinski definition) is 1. The van der Waals surface area contributed by atoms with Crippen LogP contribution >= 0.6 is 11.3 Å². The second kappa shape index (κ2) is 10.4. The average molecular weight is 500 g/mol. The number of benzene rings is 3. The predicted octanol–water partition coefficient (Wildman–Crippen LogP) is 7.92. The van der Waals surface area contributed by atoms with Gasteiger partial charge in [0.2, 0.25) is 5.06 Å². The highest BCUT2D eigenvalue weighted by molar-refractivity contribution is 7.18. The van der Waals surface area contributed by atoms with E-state index in [9.17, 15) is 14.7 Å². The highest BCUT2D eigenvalue weighted by Crippen LogP contribution is 2.44. The van der Waals surface area contributed by atoms with Crippen molar-refractivity contribution in [2.24, 2.45) is 0 Å². The van der Waals surface area contributed by atoms with Gasteiger partial charge in [-0.2, -0.15) is 0 Å². The summed E-state index contributed by atoms with van der Waals surface area (Å²) < 4.78 is 5.19. The van der Waals surface area contributed by atoms with Crippen LogP contribution in [0.5, 0.6) is 5.06 Å². The number of carboxylic acid groups (broad SMARTS) is 1. The maximum atomic E-state index is 13.9. The Kier molecular flexibility index (Phi) is 7.27. The van der Waals surface area contributed by atoms with E-state index < -0.39 is 6.16 Å². The maximum Gasteiger partial charge on any atom is 0.512 e. The third kappa shape index (κ3) is 5.83. The van der Waals surface area contributed by atoms with E-state index in [2.05, 4.69) is 32.9 Å². The standard InChI is InChI=1S/C30H29NO4S/c1-20-13-15-23(16-14-20)27(32)31(19-21-9-8-12-24(17-21)30(2,3)4)25-18-26(22-10-6-5-7-11-22)36-28(25)35-29(33)34/h5-18H,19H2,1-4H3,(H,33,34). The summed E-state index contributed by atoms with van der Waals surface area (Å²) in [7, 11) is 0. The zero-order valence-electron chi connectivity index (χ0n) is 20.8. The maximum absolute atomic E-state index is 13.9. The molecule has 0 saturated heterocycles. The van der Waals surface area contributed by atoms with Gasteiger partial charge in [-0.05, 0) is 47.2 Å². The molecule has 1 amide bonds. The molecule has 0 aliphatic carbocycles. The number of aryl methyl sites for hydroxylation is 1. The zero-order valence-corrected chi connectivity index (χ0v) is 21.6. The lowest BCUT2D eigenvalue weighted by molar-refractivity contribution is 0.0983. The van der Waals surface area contributed by atoms with Gasteiger partial charge in [-0.3, -0.25) is 9.69 Å². The molecule has 1 aromatic heterocycles. The summed E-state index contributed by atoms with van der Waals surface area (Å²) in [6.45, 7) is 8.66. The summed E-state index contributed by atoms with van der Waals surface area (Å²) in [5.41, 5.74) is 4.95. The number of carbonyl (C=O) groups is 2. The Labute approximate surface area is 215 Å². The number of ether oxygens (including phenoxy) is 1. The number of carbonyl (C=O) groups excluding carboxylic acids is 1. The number of hydrogen-bond acceptors (Lipinski definition) is 4. The minimum Gasteiger partial charge on any atom is -0.449 e. The van der Waals surface area contributed by atoms with Crippen LogP contribution in [0.3, 0.4) is 0 Å². The van der Waals surface area contributed by atoms with Gasteiger partial charge in [0.15, 0.2) is 0 Å². The minimum absolute atomic E-state index is 0.0533. The highest BCUT2D eigenvalue weighted by atomic mass is 32.1. The third-order valence-corrected chi connectivity index (χ3v) is 6.94. The van der Waals surface area contributed by atoms with E-state index in [1.165, 1.54) is 11.3 Å². The first kappa shape index (κ1) is 25.2. The largest absolute Gasteiger partial charge is 0.512 e. The lowest BCUT2D eigenvalue weighted by Gasteiger charge is -2.25. The van der Waals surface area contributed by atoms with Crippen molar-refractivity contribution in [2.45, 2.75) is 39.7 Å². The molecule has 3 aromatic carbocycles. The molecule has 0 bridgehead atoms. The van der Waals surface area contributed by atoms with Crippen LogP contribution in [0.15, 0.2) is 84.9 Å². The summed E-state index contributed by atoms with van der Waals surface area (Å²) in [5, 5.41) is 9.60. The van der Waals surface area contributed by atoms with Crippen molar-refractivity contribution in [1.82, 2.24) is 0 Å². The Morgan fingerprint density at radius 2 is 1.61 bits per heavy atom. The van der Waals surface area contributed by atoms with Gasteiger partial charge in [-0.15, -0.1) is 0 Å². The summed E-state index contributed by atoms with van der Waals surface area (Å²) in [4.78, 5) is 27.8. The first-order valence-electron chi connectivity index (χ1n) is 11.7. The molecule has 0 aliphatic heterocycles. The Morgan fingerprint density at radius 1 is 0.917 bits per heavy atom. The van der Waals surface area contributed by atoms with Crippen LogP contribution in [0.2, 0.25) is 0 Å². The molecule has 1 heterocycles. The Bertz CT molecular complexity index is 1370. The van der Waals surface area contributed by atoms with Gasteiger partial charge in [0.25, 0.3) is 5.91 Å². The van der Waals surface area contributed by atoms with Crippen molar-refractivity contribution >= 4 is 29.1 Å². The Hall–Kier alpha value is -3.90. The van der Waals surface area contributed by atoms with E-state index >= 15 is 0 Å². The summed E-state index contributed by atoms with van der Waals surface area (Å²) in [6, 6.07) is 27.0. The van der Waals surface area contributed by atoms with E-state index in [1.54, 1.807) is 17.0 Å². The van der Waals surface area contributed by atoms with Crippen LogP contribution in [-0.4, -0.2) is 17.2 Å². The van der Waals surface area contributed by atoms with Crippen molar-refractivity contribution in [2.75, 3.05) is 4.90 Å². The van der Waals surface area contributed by atoms with Gasteiger partial charge < -0.3 is 9.84 Å². The molecule has 0 fully saturated rings. The van der Waals surface area contributed by atoms with Crippen LogP contribution in [0.25, 0.3) is 10.4 Å². The Morgan fingerprint density at radius 3 is 2.25 bits per heavy atom. The molecule has 0 unspecified atom stereocenters. The van der Waals surface area contributed by atoms with Crippen molar-refractivity contribution in [3.63, 3.8) is 0 Å². The van der Waals surface area contributed by atoms with E-state index in [0.717, 1.165) is 27.1 Å². The van der Waals surface area contributed by atoms with Gasteiger partial charge in [0.1, 0.15) is 0 Å². The van der Waals surface area contributed by atoms with Crippen LogP contribution in [-0.2, 0) is 12.0 Å². The molecule has 4 rings (SSSR count). The lowest BCUT2D eigenvalue weighted by Crippen LogP contribution is -2.30. The van der Waals surface area contributed by atoms with Crippen LogP contribution in [0, 0.1) is 6.92 Å². The first-order chi connectivity index (χ1) is 17.1. The van der Waals surface area contributed by atoms with Crippen LogP contribution < -0.4 is 9.64 Å². The molecule has 5 nitrogen and oxygen atoms in total. The summed E-state index contributed by atoms with van der Waals surface area (Å²) in [6.07, 6.45) is -1.42. The summed E-state index contributed by atoms with van der Waals surface area (Å²) in [5.74, 6) is -0.233. The van der Waals surface area contributed by atoms with E-state index in [0.29, 0.717) is 11.3 Å². The summed E-state index contributed by atoms with van der Waals surface area (Å²) >= 11 is 1.21. The second-order valence-corrected chi connectivity index (χ2v) is 10.7. The molecule has 0 spiro atoms. The van der Waals surface area contributed by atoms with Crippen LogP contribution in [0.1, 0.15) is 47.8 Å². The van der Waals surface area contributed by atoms with Crippen molar-refractivity contribution in [3.8, 4) is 15.5 Å². The molecule has 184 valence electrons. The molecular formula is C30H29NO4S. The SMILES string of the molecule is Cc1ccc(C(=O)N(Cc2cccc(C(C)(C)C)c2)c2cc(-c3ccccc3)sc2OC(=O)O)cc1. The number of nitrogens with zero attached hydrogens (tertiary/aromatic N) is 1. The Balaban J connectivity index is 1.83. The fourth-order valence-corrected chi connectivity index (χ4v) is 4.90. The van der Waals surface area contributed by atoms with Crippen molar-refractivity contribution in [3.05, 3.63) is 107 Å². The number of anilines is 1. The second-order valence-electron chi connectivity index (χ2n) is 9.73. The smallest absolute Gasteiger partial charge is 0.449 e. The molecule has 0 atom stereocenters. The number of amides is 1. The number of rotatable bonds is 6. The average Bonchev–Trinajstić information content (AvgIpc) is 3.25. The molecule has 1 N–H and O–H groups in total. The van der Waals surface area contributed by atoms with E-state index in [-0.39, 0.29) is 22.9 Å². The zero-order chi connectivity index (χ0) is 25.9. The van der Waals surface area contributed by atoms with E-state index in [4.69, 9.17) is 4.74 Å². The molecule has 6 heteroatoms. The predicted molar refractivity (Wildman–Crippen MR) is 145 cm³/mol. The van der Waals surface area contributed by atoms with Crippen molar-refractivity contribution in [1.29, 1.82) is 0 Å². The van der Waals surface area contributed by atoms with Crippen molar-refractivity contribution < 1.29 is 19.4 Å². The van der Waals surface area contributed by atoms with Gasteiger partial charge >= 0.3 is 6.16 Å². The molecule has 0 radical (unpaired) electrons. The molecule has 36 heavy (non-hydrogen) atoms. The quantitative estimate of drug-likeness (QED) is 0.274. The van der Waals surface area contributed by atoms with E-state index in [1.807, 2.05) is 67.6 Å². The molecular weight excluding hydrogens is 470 g/mol. The van der Waals surface area contributed by atoms with Gasteiger partial charge in [-0.25, -0.2) is 4.79 Å². The van der Waals surface area contributed by atoms with Crippen LogP contribution in [0.4, 0.5) is 10.5 Å². The van der Waals surface area contributed by atoms with Gasteiger partial charge in [0, 0.05) is 10.4 Å². The fourth-order valence-electron chi connectivity index (χ4n) is 3.89. The monoisotopic (exact) mass is 499 g/mol. The minimum atomic E-state index is -1.42. The normalized spacial score (nSPS) is 11.2. The topological polar surface area (TPSA) is 66.8 Å².